The van der Waals surface area contributed by atoms with Gasteiger partial charge in [0.05, 0.1) is 7.11 Å². The molecule has 0 aromatic heterocycles. The van der Waals surface area contributed by atoms with Crippen molar-refractivity contribution < 1.29 is 9.53 Å². The van der Waals surface area contributed by atoms with Crippen LogP contribution < -0.4 is 15.4 Å². The third-order valence-electron chi connectivity index (χ3n) is 5.22. The van der Waals surface area contributed by atoms with Crippen LogP contribution in [0.2, 0.25) is 0 Å². The number of guanidine groups is 1. The quantitative estimate of drug-likeness (QED) is 0.478. The molecular weight excluding hydrogens is 352 g/mol. The van der Waals surface area contributed by atoms with Gasteiger partial charge in [-0.15, -0.1) is 0 Å². The number of methoxy groups -OCH3 is 1. The van der Waals surface area contributed by atoms with Crippen LogP contribution in [0.5, 0.6) is 5.75 Å². The van der Waals surface area contributed by atoms with Gasteiger partial charge in [-0.25, -0.2) is 0 Å². The van der Waals surface area contributed by atoms with Gasteiger partial charge in [-0.3, -0.25) is 9.79 Å². The van der Waals surface area contributed by atoms with E-state index in [2.05, 4.69) is 43.5 Å². The first-order valence-electron chi connectivity index (χ1n) is 10.5. The van der Waals surface area contributed by atoms with Crippen LogP contribution in [0, 0.1) is 6.92 Å². The van der Waals surface area contributed by atoms with Gasteiger partial charge in [0.2, 0.25) is 5.91 Å². The summed E-state index contributed by atoms with van der Waals surface area (Å²) in [5, 5.41) is 6.72. The van der Waals surface area contributed by atoms with Crippen molar-refractivity contribution in [3.05, 3.63) is 29.3 Å². The molecule has 1 saturated heterocycles. The van der Waals surface area contributed by atoms with E-state index < -0.39 is 0 Å². The Morgan fingerprint density at radius 3 is 2.79 bits per heavy atom. The van der Waals surface area contributed by atoms with Crippen LogP contribution in [0.15, 0.2) is 23.2 Å². The molecular formula is C22H36N4O2. The average molecular weight is 389 g/mol. The SMILES string of the molecule is CCNC(=NCCC(CC)N1CCCC1=O)NCCc1cc(C)ccc1OC. The Hall–Kier alpha value is -2.24. The summed E-state index contributed by atoms with van der Waals surface area (Å²) < 4.78 is 5.46. The molecule has 0 radical (unpaired) electrons. The number of hydrogen-bond acceptors (Lipinski definition) is 3. The molecule has 2 rings (SSSR count). The molecule has 0 saturated carbocycles. The maximum Gasteiger partial charge on any atom is 0.222 e. The molecule has 28 heavy (non-hydrogen) atoms. The molecule has 6 nitrogen and oxygen atoms in total. The van der Waals surface area contributed by atoms with E-state index in [1.807, 2.05) is 11.0 Å². The van der Waals surface area contributed by atoms with E-state index in [0.717, 1.165) is 57.0 Å². The second-order valence-corrected chi connectivity index (χ2v) is 7.29. The number of carbonyl (C=O) groups excluding carboxylic acids is 1. The fourth-order valence-corrected chi connectivity index (χ4v) is 3.72. The predicted molar refractivity (Wildman–Crippen MR) is 115 cm³/mol. The minimum Gasteiger partial charge on any atom is -0.496 e. The van der Waals surface area contributed by atoms with Crippen LogP contribution in [0.1, 0.15) is 50.7 Å². The van der Waals surface area contributed by atoms with Crippen LogP contribution in [0.25, 0.3) is 0 Å². The first kappa shape index (κ1) is 22.1. The molecule has 6 heteroatoms. The van der Waals surface area contributed by atoms with Gasteiger partial charge < -0.3 is 20.3 Å². The maximum atomic E-state index is 12.0. The molecule has 0 spiro atoms. The Morgan fingerprint density at radius 2 is 2.14 bits per heavy atom. The molecule has 0 aliphatic carbocycles. The third-order valence-corrected chi connectivity index (χ3v) is 5.22. The normalized spacial score (nSPS) is 15.6. The molecule has 2 N–H and O–H groups in total. The monoisotopic (exact) mass is 388 g/mol. The van der Waals surface area contributed by atoms with Crippen molar-refractivity contribution in [1.29, 1.82) is 0 Å². The Morgan fingerprint density at radius 1 is 1.32 bits per heavy atom. The van der Waals surface area contributed by atoms with Crippen molar-refractivity contribution >= 4 is 11.9 Å². The van der Waals surface area contributed by atoms with Crippen molar-refractivity contribution in [2.75, 3.05) is 33.3 Å². The van der Waals surface area contributed by atoms with E-state index in [1.165, 1.54) is 11.1 Å². The second-order valence-electron chi connectivity index (χ2n) is 7.29. The molecule has 1 atom stereocenters. The minimum absolute atomic E-state index is 0.299. The number of aryl methyl sites for hydroxylation is 1. The lowest BCUT2D eigenvalue weighted by Crippen LogP contribution is -2.39. The molecule has 1 heterocycles. The van der Waals surface area contributed by atoms with Gasteiger partial charge in [-0.2, -0.15) is 0 Å². The average Bonchev–Trinajstić information content (AvgIpc) is 3.11. The lowest BCUT2D eigenvalue weighted by atomic mass is 10.1. The first-order chi connectivity index (χ1) is 13.6. The zero-order valence-electron chi connectivity index (χ0n) is 17.9. The lowest BCUT2D eigenvalue weighted by Gasteiger charge is -2.26. The molecule has 1 aliphatic rings. The number of rotatable bonds is 10. The van der Waals surface area contributed by atoms with E-state index >= 15 is 0 Å². The molecule has 1 aromatic carbocycles. The van der Waals surface area contributed by atoms with Crippen LogP contribution in [0.3, 0.4) is 0 Å². The number of aliphatic imine (C=N–C) groups is 1. The zero-order valence-corrected chi connectivity index (χ0v) is 17.9. The Labute approximate surface area is 169 Å². The fraction of sp³-hybridized carbons (Fsp3) is 0.636. The Bertz CT molecular complexity index is 660. The van der Waals surface area contributed by atoms with Crippen LogP contribution in [-0.2, 0) is 11.2 Å². The molecule has 1 aromatic rings. The molecule has 1 unspecified atom stereocenters. The Balaban J connectivity index is 1.86. The number of likely N-dealkylation sites (tertiary alicyclic amines) is 1. The summed E-state index contributed by atoms with van der Waals surface area (Å²) in [4.78, 5) is 18.7. The zero-order chi connectivity index (χ0) is 20.4. The van der Waals surface area contributed by atoms with Gasteiger partial charge in [0.25, 0.3) is 0 Å². The third kappa shape index (κ3) is 6.43. The number of nitrogens with one attached hydrogen (secondary N) is 2. The number of ether oxygens (including phenoxy) is 1. The molecule has 1 amide bonds. The smallest absolute Gasteiger partial charge is 0.222 e. The molecule has 1 fully saturated rings. The lowest BCUT2D eigenvalue weighted by molar-refractivity contribution is -0.129. The van der Waals surface area contributed by atoms with E-state index in [4.69, 9.17) is 9.73 Å². The summed E-state index contributed by atoms with van der Waals surface area (Å²) in [5.41, 5.74) is 2.43. The number of hydrogen-bond donors (Lipinski definition) is 2. The number of benzene rings is 1. The van der Waals surface area contributed by atoms with Gasteiger partial charge >= 0.3 is 0 Å². The highest BCUT2D eigenvalue weighted by molar-refractivity contribution is 5.80. The van der Waals surface area contributed by atoms with E-state index in [9.17, 15) is 4.79 Å². The van der Waals surface area contributed by atoms with E-state index in [1.54, 1.807) is 7.11 Å². The molecule has 0 bridgehead atoms. The van der Waals surface area contributed by atoms with Gasteiger partial charge in [0.1, 0.15) is 5.75 Å². The topological polar surface area (TPSA) is 66.0 Å². The van der Waals surface area contributed by atoms with E-state index in [-0.39, 0.29) is 0 Å². The van der Waals surface area contributed by atoms with Crippen LogP contribution >= 0.6 is 0 Å². The highest BCUT2D eigenvalue weighted by Gasteiger charge is 2.26. The largest absolute Gasteiger partial charge is 0.496 e. The summed E-state index contributed by atoms with van der Waals surface area (Å²) in [6, 6.07) is 6.56. The number of carbonyl (C=O) groups is 1. The summed E-state index contributed by atoms with van der Waals surface area (Å²) in [5.74, 6) is 2.06. The maximum absolute atomic E-state index is 12.0. The fourth-order valence-electron chi connectivity index (χ4n) is 3.72. The highest BCUT2D eigenvalue weighted by atomic mass is 16.5. The first-order valence-corrected chi connectivity index (χ1v) is 10.5. The van der Waals surface area contributed by atoms with Crippen molar-refractivity contribution in [3.63, 3.8) is 0 Å². The summed E-state index contributed by atoms with van der Waals surface area (Å²) in [7, 11) is 1.71. The van der Waals surface area contributed by atoms with Crippen molar-refractivity contribution in [2.24, 2.45) is 4.99 Å². The van der Waals surface area contributed by atoms with Crippen LogP contribution in [0.4, 0.5) is 0 Å². The number of nitrogens with zero attached hydrogens (tertiary/aromatic N) is 2. The minimum atomic E-state index is 0.299. The second kappa shape index (κ2) is 11.6. The predicted octanol–water partition coefficient (Wildman–Crippen LogP) is 2.89. The van der Waals surface area contributed by atoms with Gasteiger partial charge in [0, 0.05) is 38.6 Å². The summed E-state index contributed by atoms with van der Waals surface area (Å²) in [6.07, 6.45) is 4.45. The van der Waals surface area contributed by atoms with Gasteiger partial charge in [-0.05, 0) is 51.2 Å². The standard InChI is InChI=1S/C22H36N4O2/c1-5-19(26-15-7-8-21(26)27)12-14-25-22(23-6-2)24-13-11-18-16-17(3)9-10-20(18)28-4/h9-10,16,19H,5-8,11-15H2,1-4H3,(H2,23,24,25). The highest BCUT2D eigenvalue weighted by Crippen LogP contribution is 2.20. The van der Waals surface area contributed by atoms with Crippen molar-refractivity contribution in [2.45, 2.75) is 58.9 Å². The Kier molecular flexibility index (Phi) is 9.11. The number of amides is 1. The van der Waals surface area contributed by atoms with Gasteiger partial charge in [0.15, 0.2) is 5.96 Å². The summed E-state index contributed by atoms with van der Waals surface area (Å²) in [6.45, 7) is 9.53. The van der Waals surface area contributed by atoms with Gasteiger partial charge in [-0.1, -0.05) is 24.6 Å². The molecule has 1 aliphatic heterocycles. The van der Waals surface area contributed by atoms with E-state index in [0.29, 0.717) is 24.9 Å². The molecule has 156 valence electrons. The van der Waals surface area contributed by atoms with Crippen molar-refractivity contribution in [3.8, 4) is 5.75 Å². The summed E-state index contributed by atoms with van der Waals surface area (Å²) >= 11 is 0. The van der Waals surface area contributed by atoms with Crippen molar-refractivity contribution in [1.82, 2.24) is 15.5 Å². The van der Waals surface area contributed by atoms with Crippen LogP contribution in [-0.4, -0.2) is 56.1 Å².